The van der Waals surface area contributed by atoms with Crippen LogP contribution in [0.15, 0.2) is 45.0 Å². The number of ether oxygens (including phenoxy) is 1. The number of rotatable bonds is 13. The molecule has 0 aromatic heterocycles. The molecular weight excluding hydrogens is 556 g/mol. The lowest BCUT2D eigenvalue weighted by atomic mass is 10.1. The molecule has 2 aromatic carbocycles. The highest BCUT2D eigenvalue weighted by atomic mass is 79.9. The van der Waals surface area contributed by atoms with Crippen LogP contribution in [0, 0.1) is 20.2 Å². The second-order valence-corrected chi connectivity index (χ2v) is 8.51. The Kier molecular flexibility index (Phi) is 10.9. The number of hydrogen-bond donors (Lipinski definition) is 2. The Bertz CT molecular complexity index is 1250. The van der Waals surface area contributed by atoms with Gasteiger partial charge in [-0.25, -0.2) is 0 Å². The number of nitrogens with zero attached hydrogens (tertiary/aromatic N) is 4. The molecule has 0 atom stereocenters. The van der Waals surface area contributed by atoms with E-state index in [2.05, 4.69) is 36.8 Å². The monoisotopic (exact) mass is 578 g/mol. The largest absolute Gasteiger partial charge is 0.458 e. The van der Waals surface area contributed by atoms with Crippen molar-refractivity contribution in [3.63, 3.8) is 0 Å². The van der Waals surface area contributed by atoms with Gasteiger partial charge in [0.2, 0.25) is 5.91 Å². The van der Waals surface area contributed by atoms with Crippen LogP contribution in [0.5, 0.6) is 0 Å². The topological polar surface area (TPSA) is 196 Å². The maximum absolute atomic E-state index is 11.7. The van der Waals surface area contributed by atoms with Gasteiger partial charge in [-0.3, -0.25) is 34.6 Å². The number of amides is 1. The summed E-state index contributed by atoms with van der Waals surface area (Å²) in [6.45, 7) is 3.24. The van der Waals surface area contributed by atoms with Crippen LogP contribution < -0.4 is 10.6 Å². The van der Waals surface area contributed by atoms with Crippen LogP contribution in [0.3, 0.4) is 0 Å². The molecule has 0 heterocycles. The van der Waals surface area contributed by atoms with Crippen molar-refractivity contribution in [2.24, 2.45) is 10.2 Å². The Morgan fingerprint density at radius 1 is 1.03 bits per heavy atom. The Hall–Kier alpha value is -4.11. The van der Waals surface area contributed by atoms with E-state index in [4.69, 9.17) is 4.74 Å². The fraction of sp³-hybridized carbons (Fsp3) is 0.318. The van der Waals surface area contributed by atoms with Gasteiger partial charge < -0.3 is 15.4 Å². The third-order valence-electron chi connectivity index (χ3n) is 4.60. The molecule has 0 bridgehead atoms. The minimum Gasteiger partial charge on any atom is -0.458 e. The van der Waals surface area contributed by atoms with Crippen LogP contribution in [0.2, 0.25) is 0 Å². The fourth-order valence-corrected chi connectivity index (χ4v) is 3.45. The van der Waals surface area contributed by atoms with Crippen molar-refractivity contribution in [1.29, 1.82) is 0 Å². The first-order chi connectivity index (χ1) is 17.5. The molecule has 0 unspecified atom stereocenters. The van der Waals surface area contributed by atoms with Crippen molar-refractivity contribution in [3.8, 4) is 0 Å². The molecule has 0 fully saturated rings. The van der Waals surface area contributed by atoms with Gasteiger partial charge in [0.05, 0.1) is 32.5 Å². The molecule has 15 heteroatoms. The van der Waals surface area contributed by atoms with E-state index in [1.54, 1.807) is 18.2 Å². The second kappa shape index (κ2) is 13.8. The molecular formula is C22H23BrN6O8. The van der Waals surface area contributed by atoms with Gasteiger partial charge in [0.25, 0.3) is 5.69 Å². The summed E-state index contributed by atoms with van der Waals surface area (Å²) in [6.07, 6.45) is 0.639. The number of nitro groups is 2. The number of halogens is 1. The quantitative estimate of drug-likeness (QED) is 0.114. The van der Waals surface area contributed by atoms with Crippen LogP contribution in [0.1, 0.15) is 25.8 Å². The van der Waals surface area contributed by atoms with Crippen LogP contribution in [0.25, 0.3) is 0 Å². The van der Waals surface area contributed by atoms with E-state index in [0.717, 1.165) is 17.7 Å². The SMILES string of the molecule is CC(=O)COC(=O)CCNCCc1ccc(N=Nc2c(Br)cc([N+](=O)[O-])cc2[N+](=O)[O-])c(NC(C)=O)c1. The molecule has 2 aromatic rings. The number of carbonyl (C=O) groups is 3. The number of ketones is 1. The molecule has 0 saturated carbocycles. The molecule has 37 heavy (non-hydrogen) atoms. The maximum atomic E-state index is 11.7. The zero-order chi connectivity index (χ0) is 27.5. The highest BCUT2D eigenvalue weighted by Gasteiger charge is 2.23. The predicted octanol–water partition coefficient (Wildman–Crippen LogP) is 4.29. The summed E-state index contributed by atoms with van der Waals surface area (Å²) < 4.78 is 4.78. The van der Waals surface area contributed by atoms with Gasteiger partial charge in [-0.1, -0.05) is 6.07 Å². The Morgan fingerprint density at radius 2 is 1.76 bits per heavy atom. The van der Waals surface area contributed by atoms with Gasteiger partial charge in [-0.15, -0.1) is 10.2 Å². The number of non-ortho nitro benzene ring substituents is 1. The minimum absolute atomic E-state index is 0.00565. The van der Waals surface area contributed by atoms with Gasteiger partial charge in [0, 0.05) is 19.5 Å². The fourth-order valence-electron chi connectivity index (χ4n) is 2.94. The number of hydrogen-bond acceptors (Lipinski definition) is 11. The van der Waals surface area contributed by atoms with E-state index in [1.165, 1.54) is 13.8 Å². The molecule has 196 valence electrons. The normalized spacial score (nSPS) is 10.8. The Labute approximate surface area is 218 Å². The van der Waals surface area contributed by atoms with Crippen molar-refractivity contribution in [1.82, 2.24) is 5.32 Å². The number of esters is 1. The summed E-state index contributed by atoms with van der Waals surface area (Å²) in [5, 5.41) is 36.1. The standard InChI is InChI=1S/C22H23BrN6O8/c1-13(30)12-37-21(32)6-8-24-7-5-15-3-4-18(19(9-15)25-14(2)31)26-27-22-17(23)10-16(28(33)34)11-20(22)29(35)36/h3-4,9-11,24H,5-8,12H2,1-2H3,(H,25,31). The minimum atomic E-state index is -0.806. The number of nitrogens with one attached hydrogen (secondary N) is 2. The third kappa shape index (κ3) is 9.46. The lowest BCUT2D eigenvalue weighted by Gasteiger charge is -2.10. The molecule has 0 spiro atoms. The number of anilines is 1. The number of Topliss-reactive ketones (excluding diaryl/α,β-unsaturated/α-hetero) is 1. The molecule has 1 amide bonds. The first-order valence-electron chi connectivity index (χ1n) is 10.8. The van der Waals surface area contributed by atoms with E-state index in [9.17, 15) is 34.6 Å². The molecule has 0 aliphatic rings. The Morgan fingerprint density at radius 3 is 2.38 bits per heavy atom. The van der Waals surface area contributed by atoms with Crippen LogP contribution in [0.4, 0.5) is 28.4 Å². The third-order valence-corrected chi connectivity index (χ3v) is 5.20. The summed E-state index contributed by atoms with van der Waals surface area (Å²) in [4.78, 5) is 54.9. The number of benzene rings is 2. The van der Waals surface area contributed by atoms with Gasteiger partial charge >= 0.3 is 11.7 Å². The summed E-state index contributed by atoms with van der Waals surface area (Å²) in [5.41, 5.74) is 0.0133. The number of nitro benzene ring substituents is 2. The van der Waals surface area contributed by atoms with Crippen molar-refractivity contribution in [2.45, 2.75) is 26.7 Å². The molecule has 0 saturated heterocycles. The number of azo groups is 1. The van der Waals surface area contributed by atoms with Gasteiger partial charge in [-0.05, 0) is 53.5 Å². The lowest BCUT2D eigenvalue weighted by molar-refractivity contribution is -0.393. The number of carbonyl (C=O) groups excluding carboxylic acids is 3. The highest BCUT2D eigenvalue weighted by Crippen LogP contribution is 2.40. The average molecular weight is 579 g/mol. The zero-order valence-corrected chi connectivity index (χ0v) is 21.4. The second-order valence-electron chi connectivity index (χ2n) is 7.65. The average Bonchev–Trinajstić information content (AvgIpc) is 2.81. The zero-order valence-electron chi connectivity index (χ0n) is 19.9. The van der Waals surface area contributed by atoms with Crippen molar-refractivity contribution >= 4 is 62.0 Å². The summed E-state index contributed by atoms with van der Waals surface area (Å²) in [7, 11) is 0. The molecule has 0 aliphatic heterocycles. The van der Waals surface area contributed by atoms with E-state index in [1.807, 2.05) is 0 Å². The van der Waals surface area contributed by atoms with Crippen molar-refractivity contribution < 1.29 is 29.0 Å². The van der Waals surface area contributed by atoms with Crippen molar-refractivity contribution in [2.75, 3.05) is 25.0 Å². The maximum Gasteiger partial charge on any atom is 0.307 e. The molecule has 14 nitrogen and oxygen atoms in total. The van der Waals surface area contributed by atoms with E-state index in [-0.39, 0.29) is 40.6 Å². The van der Waals surface area contributed by atoms with E-state index in [0.29, 0.717) is 25.2 Å². The Balaban J connectivity index is 2.14. The van der Waals surface area contributed by atoms with E-state index >= 15 is 0 Å². The summed E-state index contributed by atoms with van der Waals surface area (Å²) in [5.74, 6) is -1.10. The molecule has 2 N–H and O–H groups in total. The first kappa shape index (κ1) is 29.1. The van der Waals surface area contributed by atoms with Gasteiger partial charge in [0.15, 0.2) is 11.5 Å². The van der Waals surface area contributed by atoms with Crippen molar-refractivity contribution in [3.05, 3.63) is 60.6 Å². The molecule has 0 radical (unpaired) electrons. The lowest BCUT2D eigenvalue weighted by Crippen LogP contribution is -2.22. The highest BCUT2D eigenvalue weighted by molar-refractivity contribution is 9.10. The van der Waals surface area contributed by atoms with Crippen LogP contribution in [-0.2, 0) is 25.5 Å². The van der Waals surface area contributed by atoms with Crippen LogP contribution >= 0.6 is 15.9 Å². The van der Waals surface area contributed by atoms with E-state index < -0.39 is 27.2 Å². The van der Waals surface area contributed by atoms with Gasteiger partial charge in [0.1, 0.15) is 12.3 Å². The smallest absolute Gasteiger partial charge is 0.307 e. The van der Waals surface area contributed by atoms with Gasteiger partial charge in [-0.2, -0.15) is 0 Å². The summed E-state index contributed by atoms with van der Waals surface area (Å²) >= 11 is 3.06. The molecule has 0 aliphatic carbocycles. The predicted molar refractivity (Wildman–Crippen MR) is 135 cm³/mol. The van der Waals surface area contributed by atoms with Crippen LogP contribution in [-0.4, -0.2) is 47.2 Å². The first-order valence-corrected chi connectivity index (χ1v) is 11.6. The summed E-state index contributed by atoms with van der Waals surface area (Å²) in [6, 6.07) is 6.82. The molecule has 2 rings (SSSR count).